The third-order valence-corrected chi connectivity index (χ3v) is 4.67. The molecular weight excluding hydrogens is 334 g/mol. The second-order valence-corrected chi connectivity index (χ2v) is 6.59. The topological polar surface area (TPSA) is 57.8 Å². The Morgan fingerprint density at radius 3 is 2.63 bits per heavy atom. The Labute approximate surface area is 158 Å². The monoisotopic (exact) mass is 355 g/mol. The van der Waals surface area contributed by atoms with Gasteiger partial charge in [0.15, 0.2) is 0 Å². The first kappa shape index (κ1) is 17.0. The number of fused-ring (bicyclic) bond motifs is 1. The quantitative estimate of drug-likeness (QED) is 0.501. The molecule has 0 unspecified atom stereocenters. The van der Waals surface area contributed by atoms with Gasteiger partial charge in [0.1, 0.15) is 0 Å². The minimum absolute atomic E-state index is 0.148. The lowest BCUT2D eigenvalue weighted by Crippen LogP contribution is -2.12. The molecule has 0 aliphatic rings. The van der Waals surface area contributed by atoms with Crippen LogP contribution < -0.4 is 5.32 Å². The van der Waals surface area contributed by atoms with E-state index in [1.165, 1.54) is 5.56 Å². The number of hydrogen-bond donors (Lipinski definition) is 2. The highest BCUT2D eigenvalue weighted by atomic mass is 16.1. The second kappa shape index (κ2) is 7.46. The summed E-state index contributed by atoms with van der Waals surface area (Å²) in [5, 5.41) is 11.0. The van der Waals surface area contributed by atoms with Crippen LogP contribution in [0.3, 0.4) is 0 Å². The van der Waals surface area contributed by atoms with Crippen LogP contribution in [0.15, 0.2) is 72.9 Å². The number of rotatable bonds is 5. The van der Waals surface area contributed by atoms with Crippen molar-refractivity contribution in [2.45, 2.75) is 19.8 Å². The van der Waals surface area contributed by atoms with Crippen molar-refractivity contribution < 1.29 is 4.79 Å². The fourth-order valence-electron chi connectivity index (χ4n) is 3.40. The average Bonchev–Trinajstić information content (AvgIpc) is 3.17. The summed E-state index contributed by atoms with van der Waals surface area (Å²) >= 11 is 0. The maximum Gasteiger partial charge on any atom is 0.257 e. The van der Waals surface area contributed by atoms with Gasteiger partial charge in [0, 0.05) is 11.1 Å². The van der Waals surface area contributed by atoms with Crippen LogP contribution in [0.25, 0.3) is 22.0 Å². The maximum atomic E-state index is 13.0. The molecule has 3 aromatic carbocycles. The highest BCUT2D eigenvalue weighted by molar-refractivity contribution is 6.13. The van der Waals surface area contributed by atoms with Gasteiger partial charge in [0.25, 0.3) is 5.91 Å². The zero-order valence-electron chi connectivity index (χ0n) is 15.2. The molecule has 0 radical (unpaired) electrons. The number of anilines is 1. The lowest BCUT2D eigenvalue weighted by Gasteiger charge is -2.12. The normalized spacial score (nSPS) is 10.9. The standard InChI is InChI=1S/C23H21N3O/c1-2-8-16-9-6-7-12-20(16)17-13-18-15-24-26-22(18)21(14-17)23(27)25-19-10-4-3-5-11-19/h3-7,9-15H,2,8H2,1H3,(H,24,26)(H,25,27). The van der Waals surface area contributed by atoms with Crippen molar-refractivity contribution in [3.05, 3.63) is 84.1 Å². The highest BCUT2D eigenvalue weighted by Crippen LogP contribution is 2.30. The Kier molecular flexibility index (Phi) is 4.71. The van der Waals surface area contributed by atoms with E-state index in [4.69, 9.17) is 0 Å². The van der Waals surface area contributed by atoms with Crippen LogP contribution in [0.1, 0.15) is 29.3 Å². The SMILES string of the molecule is CCCc1ccccc1-c1cc(C(=O)Nc2ccccc2)c2[nH]ncc2c1. The summed E-state index contributed by atoms with van der Waals surface area (Å²) in [6.07, 6.45) is 3.85. The predicted molar refractivity (Wildman–Crippen MR) is 110 cm³/mol. The number of nitrogens with one attached hydrogen (secondary N) is 2. The number of nitrogens with zero attached hydrogens (tertiary/aromatic N) is 1. The van der Waals surface area contributed by atoms with Gasteiger partial charge >= 0.3 is 0 Å². The van der Waals surface area contributed by atoms with Gasteiger partial charge in [-0.05, 0) is 47.4 Å². The summed E-state index contributed by atoms with van der Waals surface area (Å²) in [6, 6.07) is 21.9. The molecule has 4 heteroatoms. The summed E-state index contributed by atoms with van der Waals surface area (Å²) in [5.74, 6) is -0.148. The van der Waals surface area contributed by atoms with Gasteiger partial charge in [0.05, 0.1) is 17.3 Å². The van der Waals surface area contributed by atoms with Gasteiger partial charge in [-0.2, -0.15) is 5.10 Å². The van der Waals surface area contributed by atoms with Crippen molar-refractivity contribution in [3.8, 4) is 11.1 Å². The van der Waals surface area contributed by atoms with Crippen LogP contribution in [0.4, 0.5) is 5.69 Å². The van der Waals surface area contributed by atoms with E-state index < -0.39 is 0 Å². The van der Waals surface area contributed by atoms with Crippen LogP contribution >= 0.6 is 0 Å². The van der Waals surface area contributed by atoms with E-state index in [0.29, 0.717) is 5.56 Å². The third-order valence-electron chi connectivity index (χ3n) is 4.67. The molecule has 1 aromatic heterocycles. The van der Waals surface area contributed by atoms with E-state index in [1.807, 2.05) is 42.5 Å². The molecule has 1 heterocycles. The second-order valence-electron chi connectivity index (χ2n) is 6.59. The number of amides is 1. The minimum Gasteiger partial charge on any atom is -0.322 e. The molecule has 0 saturated heterocycles. The summed E-state index contributed by atoms with van der Waals surface area (Å²) in [6.45, 7) is 2.18. The van der Waals surface area contributed by atoms with E-state index in [0.717, 1.165) is 40.6 Å². The van der Waals surface area contributed by atoms with E-state index in [9.17, 15) is 4.79 Å². The van der Waals surface area contributed by atoms with Crippen molar-refractivity contribution >= 4 is 22.5 Å². The molecule has 4 rings (SSSR count). The highest BCUT2D eigenvalue weighted by Gasteiger charge is 2.15. The lowest BCUT2D eigenvalue weighted by molar-refractivity contribution is 0.102. The molecule has 0 saturated carbocycles. The van der Waals surface area contributed by atoms with Crippen LogP contribution in [-0.4, -0.2) is 16.1 Å². The number of aryl methyl sites for hydroxylation is 1. The van der Waals surface area contributed by atoms with Crippen molar-refractivity contribution in [2.75, 3.05) is 5.32 Å². The molecule has 4 nitrogen and oxygen atoms in total. The van der Waals surface area contributed by atoms with Gasteiger partial charge in [0.2, 0.25) is 0 Å². The lowest BCUT2D eigenvalue weighted by atomic mass is 9.94. The van der Waals surface area contributed by atoms with Crippen molar-refractivity contribution in [1.82, 2.24) is 10.2 Å². The summed E-state index contributed by atoms with van der Waals surface area (Å²) in [7, 11) is 0. The van der Waals surface area contributed by atoms with Crippen molar-refractivity contribution in [1.29, 1.82) is 0 Å². The Bertz CT molecular complexity index is 1080. The zero-order valence-corrected chi connectivity index (χ0v) is 15.2. The van der Waals surface area contributed by atoms with E-state index in [-0.39, 0.29) is 5.91 Å². The number of H-pyrrole nitrogens is 1. The van der Waals surface area contributed by atoms with E-state index in [1.54, 1.807) is 6.20 Å². The number of carbonyl (C=O) groups is 1. The first-order valence-electron chi connectivity index (χ1n) is 9.18. The molecule has 0 bridgehead atoms. The van der Waals surface area contributed by atoms with Gasteiger partial charge in [-0.25, -0.2) is 0 Å². The predicted octanol–water partition coefficient (Wildman–Crippen LogP) is 5.43. The summed E-state index contributed by atoms with van der Waals surface area (Å²) in [4.78, 5) is 13.0. The van der Waals surface area contributed by atoms with Crippen molar-refractivity contribution in [2.24, 2.45) is 0 Å². The number of aromatic nitrogens is 2. The number of hydrogen-bond acceptors (Lipinski definition) is 2. The largest absolute Gasteiger partial charge is 0.322 e. The van der Waals surface area contributed by atoms with Gasteiger partial charge in [-0.1, -0.05) is 55.8 Å². The molecule has 0 aliphatic heterocycles. The Morgan fingerprint density at radius 1 is 1.04 bits per heavy atom. The average molecular weight is 355 g/mol. The summed E-state index contributed by atoms with van der Waals surface area (Å²) in [5.41, 5.74) is 5.60. The van der Waals surface area contributed by atoms with E-state index >= 15 is 0 Å². The number of aromatic amines is 1. The summed E-state index contributed by atoms with van der Waals surface area (Å²) < 4.78 is 0. The molecule has 4 aromatic rings. The molecule has 0 aliphatic carbocycles. The van der Waals surface area contributed by atoms with Gasteiger partial charge in [-0.15, -0.1) is 0 Å². The molecule has 134 valence electrons. The molecule has 1 amide bonds. The first-order valence-corrected chi connectivity index (χ1v) is 9.18. The molecule has 0 fully saturated rings. The minimum atomic E-state index is -0.148. The fourth-order valence-corrected chi connectivity index (χ4v) is 3.40. The van der Waals surface area contributed by atoms with Gasteiger partial charge in [-0.3, -0.25) is 9.89 Å². The fraction of sp³-hybridized carbons (Fsp3) is 0.130. The van der Waals surface area contributed by atoms with Crippen molar-refractivity contribution in [3.63, 3.8) is 0 Å². The maximum absolute atomic E-state index is 13.0. The molecule has 0 spiro atoms. The number of carbonyl (C=O) groups excluding carboxylic acids is 1. The molecule has 0 atom stereocenters. The number of benzene rings is 3. The Hall–Kier alpha value is -3.40. The smallest absolute Gasteiger partial charge is 0.257 e. The first-order chi connectivity index (χ1) is 13.3. The van der Waals surface area contributed by atoms with Crippen LogP contribution in [-0.2, 0) is 6.42 Å². The Morgan fingerprint density at radius 2 is 1.81 bits per heavy atom. The van der Waals surface area contributed by atoms with Crippen LogP contribution in [0, 0.1) is 0 Å². The van der Waals surface area contributed by atoms with E-state index in [2.05, 4.69) is 46.7 Å². The Balaban J connectivity index is 1.80. The van der Waals surface area contributed by atoms with Gasteiger partial charge < -0.3 is 5.32 Å². The molecule has 2 N–H and O–H groups in total. The third kappa shape index (κ3) is 3.47. The molecule has 27 heavy (non-hydrogen) atoms. The molecular formula is C23H21N3O. The van der Waals surface area contributed by atoms with Crippen LogP contribution in [0.2, 0.25) is 0 Å². The van der Waals surface area contributed by atoms with Crippen LogP contribution in [0.5, 0.6) is 0 Å². The zero-order chi connectivity index (χ0) is 18.6. The number of para-hydroxylation sites is 1.